The number of hydrogen-bond donors (Lipinski definition) is 6. The standard InChI is InChI=1S/2C23H23ClF2N4O5S.C21H21BrF2N4O3S/c2*1-2-34-23(33)19-16(9-30-8-15(26)17(10-30)35-11-18(31)32)28-21(22-27-5-6-36-22)29-20(19)13-4-3-12(25)7-14(13)24;1-2-31-21(30)17-15(9-28-8-14(24)16(29)10-28)26-19(20-25-5-6-32-20)27-18(17)12-4-3-11(23)7-13(12)22/h2*3-7,15,17,20H,2,8-11H2,1H3,(H,28,29)(H,31,32);3-7,14,16,18,29H,2,8-10H2,1H3,(H,26,27)/t15?,17?,20-;15-,17+,20+;14?,16?,18-/m010/s1. The van der Waals surface area contributed by atoms with Gasteiger partial charge in [0, 0.05) is 136 Å². The number of hydrogen-bond acceptors (Lipinski definition) is 26. The number of carbonyl (C=O) groups excluding carboxylic acids is 3. The molecular weight excluding hydrogens is 1540 g/mol. The normalized spacial score (nSPS) is 22.8. The van der Waals surface area contributed by atoms with Crippen molar-refractivity contribution in [2.24, 2.45) is 15.0 Å². The third-order valence-corrected chi connectivity index (χ3v) is 20.1. The fourth-order valence-electron chi connectivity index (χ4n) is 11.9. The molecule has 37 heteroatoms. The van der Waals surface area contributed by atoms with Crippen molar-refractivity contribution >= 4 is 120 Å². The highest BCUT2D eigenvalue weighted by Crippen LogP contribution is 2.41. The summed E-state index contributed by atoms with van der Waals surface area (Å²) in [5.41, 5.74) is 3.17. The molecule has 104 heavy (non-hydrogen) atoms. The van der Waals surface area contributed by atoms with Gasteiger partial charge in [0.1, 0.15) is 79.5 Å². The lowest BCUT2D eigenvalue weighted by Crippen LogP contribution is -2.39. The first-order valence-corrected chi connectivity index (χ1v) is 36.3. The smallest absolute Gasteiger partial charge is 0.338 e. The number of esters is 3. The fourth-order valence-corrected chi connectivity index (χ4v) is 14.7. The summed E-state index contributed by atoms with van der Waals surface area (Å²) in [7, 11) is 0. The first kappa shape index (κ1) is 78.5. The molecule has 9 atom stereocenters. The van der Waals surface area contributed by atoms with Crippen molar-refractivity contribution in [1.29, 1.82) is 0 Å². The van der Waals surface area contributed by atoms with Gasteiger partial charge in [-0.1, -0.05) is 57.3 Å². The van der Waals surface area contributed by atoms with Crippen molar-refractivity contribution in [3.8, 4) is 0 Å². The maximum atomic E-state index is 14.6. The number of benzene rings is 3. The number of carboxylic acid groups (broad SMARTS) is 2. The Hall–Kier alpha value is -8.07. The average molecular weight is 1610 g/mol. The van der Waals surface area contributed by atoms with Crippen LogP contribution >= 0.6 is 73.1 Å². The van der Waals surface area contributed by atoms with Gasteiger partial charge in [-0.15, -0.1) is 34.0 Å². The molecule has 25 nitrogen and oxygen atoms in total. The minimum atomic E-state index is -1.41. The van der Waals surface area contributed by atoms with Gasteiger partial charge in [0.05, 0.1) is 42.6 Å². The molecule has 9 heterocycles. The molecule has 3 aromatic heterocycles. The molecule has 0 aliphatic carbocycles. The van der Waals surface area contributed by atoms with Crippen LogP contribution in [0.1, 0.15) is 70.6 Å². The predicted molar refractivity (Wildman–Crippen MR) is 376 cm³/mol. The number of ether oxygens (including phenoxy) is 5. The van der Waals surface area contributed by atoms with Crippen molar-refractivity contribution in [3.63, 3.8) is 0 Å². The summed E-state index contributed by atoms with van der Waals surface area (Å²) in [6.07, 6.45) is -2.26. The van der Waals surface area contributed by atoms with Crippen molar-refractivity contribution < 1.29 is 89.3 Å². The molecule has 0 saturated carbocycles. The van der Waals surface area contributed by atoms with E-state index in [4.69, 9.17) is 62.1 Å². The van der Waals surface area contributed by atoms with E-state index >= 15 is 0 Å². The van der Waals surface area contributed by atoms with Crippen molar-refractivity contribution in [1.82, 2.24) is 45.6 Å². The van der Waals surface area contributed by atoms with E-state index in [9.17, 15) is 55.4 Å². The number of aliphatic hydroxyl groups is 1. The van der Waals surface area contributed by atoms with E-state index < -0.39 is 115 Å². The van der Waals surface area contributed by atoms with Gasteiger partial charge in [0.25, 0.3) is 0 Å². The third kappa shape index (κ3) is 19.7. The maximum absolute atomic E-state index is 14.6. The zero-order valence-electron chi connectivity index (χ0n) is 55.3. The highest BCUT2D eigenvalue weighted by atomic mass is 79.9. The molecule has 554 valence electrons. The van der Waals surface area contributed by atoms with Crippen LogP contribution in [-0.2, 0) is 47.7 Å². The summed E-state index contributed by atoms with van der Waals surface area (Å²) in [5.74, 6) is -4.58. The molecule has 3 fully saturated rings. The van der Waals surface area contributed by atoms with E-state index in [1.54, 1.807) is 76.3 Å². The van der Waals surface area contributed by atoms with Crippen LogP contribution in [0, 0.1) is 17.5 Å². The van der Waals surface area contributed by atoms with Gasteiger partial charge < -0.3 is 55.0 Å². The Kier molecular flexibility index (Phi) is 27.4. The van der Waals surface area contributed by atoms with Gasteiger partial charge in [-0.2, -0.15) is 0 Å². The Balaban J connectivity index is 0.000000168. The quantitative estimate of drug-likeness (QED) is 0.0187. The summed E-state index contributed by atoms with van der Waals surface area (Å²) < 4.78 is 111. The SMILES string of the molecule is CCOC(=O)C1=C(CN2CC(F)C(OCC(=O)O)C2)NC(c2nccs2)=N[C@H]1c1ccc(F)cc1Cl.CCOC(=O)C1=C(CN2CC(O)C(F)C2)NC(c2nccs2)=N[C@H]1c1ccc(F)cc1Br.CCOC(=O)C1=C(CN2C[C@@H](F)[C@@H](OCC(=O)O)C2)NC(c2nccs2)=N[C@H]1c1ccc(F)cc1Cl. The third-order valence-electron chi connectivity index (χ3n) is 16.4. The first-order chi connectivity index (χ1) is 49.9. The minimum Gasteiger partial charge on any atom is -0.480 e. The Morgan fingerprint density at radius 3 is 1.16 bits per heavy atom. The van der Waals surface area contributed by atoms with Crippen molar-refractivity contribution in [2.45, 2.75) is 75.7 Å². The van der Waals surface area contributed by atoms with Gasteiger partial charge in [0.2, 0.25) is 0 Å². The number of alkyl halides is 3. The molecule has 6 aliphatic rings. The number of thiazole rings is 3. The summed E-state index contributed by atoms with van der Waals surface area (Å²) in [6.45, 7) is 4.85. The molecule has 6 aromatic rings. The van der Waals surface area contributed by atoms with Crippen molar-refractivity contribution in [3.05, 3.63) is 187 Å². The number of aromatic nitrogens is 3. The predicted octanol–water partition coefficient (Wildman–Crippen LogP) is 8.90. The number of nitrogens with one attached hydrogen (secondary N) is 3. The number of aliphatic carboxylic acids is 2. The number of rotatable bonds is 24. The van der Waals surface area contributed by atoms with Crippen LogP contribution in [0.2, 0.25) is 10.0 Å². The molecule has 0 spiro atoms. The van der Waals surface area contributed by atoms with Crippen LogP contribution in [-0.4, -0.2) is 221 Å². The van der Waals surface area contributed by atoms with E-state index in [1.165, 1.54) is 70.4 Å². The van der Waals surface area contributed by atoms with E-state index in [0.29, 0.717) is 70.8 Å². The number of aliphatic imine (C=N–C) groups is 3. The Morgan fingerprint density at radius 2 is 0.856 bits per heavy atom. The number of aliphatic hydroxyl groups excluding tert-OH is 1. The van der Waals surface area contributed by atoms with E-state index in [2.05, 4.69) is 56.8 Å². The largest absolute Gasteiger partial charge is 0.480 e. The molecule has 0 radical (unpaired) electrons. The van der Waals surface area contributed by atoms with E-state index in [1.807, 2.05) is 0 Å². The maximum Gasteiger partial charge on any atom is 0.338 e. The summed E-state index contributed by atoms with van der Waals surface area (Å²) >= 11 is 20.1. The van der Waals surface area contributed by atoms with E-state index in [0.717, 1.165) is 12.1 Å². The van der Waals surface area contributed by atoms with Gasteiger partial charge in [-0.25, -0.2) is 65.3 Å². The van der Waals surface area contributed by atoms with Crippen LogP contribution in [0.15, 0.2) is 143 Å². The molecule has 6 aliphatic heterocycles. The molecule has 0 bridgehead atoms. The van der Waals surface area contributed by atoms with Crippen LogP contribution in [0.4, 0.5) is 26.3 Å². The first-order valence-electron chi connectivity index (χ1n) is 32.1. The summed E-state index contributed by atoms with van der Waals surface area (Å²) in [5, 5.41) is 44.2. The molecule has 6 N–H and O–H groups in total. The number of halogens is 9. The molecule has 3 saturated heterocycles. The lowest BCUT2D eigenvalue weighted by atomic mass is 9.95. The Labute approximate surface area is 621 Å². The second kappa shape index (κ2) is 36.3. The van der Waals surface area contributed by atoms with Crippen LogP contribution in [0.3, 0.4) is 0 Å². The Bertz CT molecular complexity index is 4110. The highest BCUT2D eigenvalue weighted by molar-refractivity contribution is 9.10. The number of β-amino-alcohol motifs (C(OH)–C–C–N with tert-alkyl or cyclic N) is 1. The number of likely N-dealkylation sites (tertiary alicyclic amines) is 3. The van der Waals surface area contributed by atoms with Crippen LogP contribution in [0.25, 0.3) is 0 Å². The summed E-state index contributed by atoms with van der Waals surface area (Å²) in [4.78, 5) is 93.0. The number of carboxylic acids is 2. The van der Waals surface area contributed by atoms with Gasteiger partial charge in [-0.05, 0) is 62.7 Å². The molecule has 3 aromatic carbocycles. The zero-order chi connectivity index (χ0) is 74.5. The molecular formula is C67H67BrCl2F6N12O13S3. The second-order valence-electron chi connectivity index (χ2n) is 23.5. The molecule has 12 rings (SSSR count). The minimum absolute atomic E-state index is 0.0305. The highest BCUT2D eigenvalue weighted by Gasteiger charge is 2.43. The lowest BCUT2D eigenvalue weighted by Gasteiger charge is -2.29. The number of nitrogens with zero attached hydrogens (tertiary/aromatic N) is 9. The van der Waals surface area contributed by atoms with Gasteiger partial charge in [0.15, 0.2) is 32.5 Å². The van der Waals surface area contributed by atoms with Crippen LogP contribution in [0.5, 0.6) is 0 Å². The average Bonchev–Trinajstić information content (AvgIpc) is 1.26. The molecule has 4 unspecified atom stereocenters. The zero-order valence-corrected chi connectivity index (χ0v) is 60.9. The topological polar surface area (TPSA) is 314 Å². The number of amidine groups is 3. The number of carbonyl (C=O) groups is 5. The van der Waals surface area contributed by atoms with Gasteiger partial charge in [-0.3, -0.25) is 29.7 Å². The fraction of sp³-hybridized carbons (Fsp3) is 0.388. The second-order valence-corrected chi connectivity index (χ2v) is 27.9. The lowest BCUT2D eigenvalue weighted by molar-refractivity contribution is -0.145. The van der Waals surface area contributed by atoms with Crippen molar-refractivity contribution in [2.75, 3.05) is 91.9 Å². The molecule has 0 amide bonds. The Morgan fingerprint density at radius 1 is 0.519 bits per heavy atom. The monoisotopic (exact) mass is 1610 g/mol. The van der Waals surface area contributed by atoms with Gasteiger partial charge >= 0.3 is 29.8 Å². The summed E-state index contributed by atoms with van der Waals surface area (Å²) in [6, 6.07) is 9.14. The van der Waals surface area contributed by atoms with E-state index in [-0.39, 0.29) is 105 Å². The van der Waals surface area contributed by atoms with Crippen LogP contribution < -0.4 is 16.0 Å².